The van der Waals surface area contributed by atoms with Crippen LogP contribution >= 0.6 is 31.9 Å². The van der Waals surface area contributed by atoms with E-state index in [1.807, 2.05) is 68.4 Å². The number of nitrogens with zero attached hydrogens (tertiary/aromatic N) is 3. The molecule has 0 amide bonds. The van der Waals surface area contributed by atoms with E-state index < -0.39 is 0 Å². The van der Waals surface area contributed by atoms with Gasteiger partial charge in [-0.05, 0) is 48.0 Å². The fraction of sp³-hybridized carbons (Fsp3) is 0.192. The van der Waals surface area contributed by atoms with Crippen molar-refractivity contribution < 1.29 is 9.47 Å². The van der Waals surface area contributed by atoms with Gasteiger partial charge in [0.1, 0.15) is 12.4 Å². The number of rotatable bonds is 7. The Balaban J connectivity index is 1.75. The number of fused-ring (bicyclic) bond motifs is 1. The topological polar surface area (TPSA) is 65.7 Å². The molecule has 34 heavy (non-hydrogen) atoms. The van der Waals surface area contributed by atoms with Gasteiger partial charge < -0.3 is 9.47 Å². The average molecular weight is 585 g/mol. The van der Waals surface area contributed by atoms with Gasteiger partial charge in [-0.1, -0.05) is 63.9 Å². The molecule has 0 saturated carbocycles. The SMILES string of the molecule is COc1cccc(C=Nn2c(C(C)C)nc3ccc(Br)cc3c2=O)c1OCc1ccc(Br)cc1. The lowest BCUT2D eigenvalue weighted by Gasteiger charge is -2.14. The standard InChI is InChI=1S/C26H23Br2N3O3/c1-16(2)25-30-22-12-11-20(28)13-21(22)26(32)31(25)29-14-18-5-4-6-23(33-3)24(18)34-15-17-7-9-19(27)10-8-17/h4-14,16H,15H2,1-3H3. The van der Waals surface area contributed by atoms with Crippen molar-refractivity contribution in [2.24, 2.45) is 5.10 Å². The van der Waals surface area contributed by atoms with Crippen LogP contribution in [0.1, 0.15) is 36.7 Å². The Morgan fingerprint density at radius 2 is 1.79 bits per heavy atom. The Kier molecular flexibility index (Phi) is 7.48. The lowest BCUT2D eigenvalue weighted by atomic mass is 10.2. The summed E-state index contributed by atoms with van der Waals surface area (Å²) in [6.07, 6.45) is 1.61. The first kappa shape index (κ1) is 24.2. The van der Waals surface area contributed by atoms with Crippen molar-refractivity contribution in [2.45, 2.75) is 26.4 Å². The smallest absolute Gasteiger partial charge is 0.282 e. The summed E-state index contributed by atoms with van der Waals surface area (Å²) >= 11 is 6.88. The first-order chi connectivity index (χ1) is 16.4. The largest absolute Gasteiger partial charge is 0.493 e. The number of benzene rings is 3. The maximum Gasteiger partial charge on any atom is 0.282 e. The summed E-state index contributed by atoms with van der Waals surface area (Å²) in [7, 11) is 1.59. The maximum absolute atomic E-state index is 13.3. The van der Waals surface area contributed by atoms with Gasteiger partial charge >= 0.3 is 0 Å². The van der Waals surface area contributed by atoms with Crippen LogP contribution in [0.5, 0.6) is 11.5 Å². The molecule has 8 heteroatoms. The highest BCUT2D eigenvalue weighted by Crippen LogP contribution is 2.31. The molecule has 3 aromatic carbocycles. The lowest BCUT2D eigenvalue weighted by Crippen LogP contribution is -2.23. The van der Waals surface area contributed by atoms with Crippen molar-refractivity contribution in [2.75, 3.05) is 7.11 Å². The van der Waals surface area contributed by atoms with Crippen LogP contribution < -0.4 is 15.0 Å². The predicted octanol–water partition coefficient (Wildman–Crippen LogP) is 6.51. The first-order valence-corrected chi connectivity index (χ1v) is 12.3. The third-order valence-electron chi connectivity index (χ3n) is 5.19. The molecule has 0 aliphatic heterocycles. The number of hydrogen-bond acceptors (Lipinski definition) is 5. The minimum absolute atomic E-state index is 0.00340. The van der Waals surface area contributed by atoms with Crippen molar-refractivity contribution in [3.63, 3.8) is 0 Å². The molecule has 0 N–H and O–H groups in total. The third kappa shape index (κ3) is 5.23. The number of hydrogen-bond donors (Lipinski definition) is 0. The van der Waals surface area contributed by atoms with Crippen LogP contribution in [0.2, 0.25) is 0 Å². The second-order valence-electron chi connectivity index (χ2n) is 7.94. The molecule has 0 unspecified atom stereocenters. The molecule has 6 nitrogen and oxygen atoms in total. The van der Waals surface area contributed by atoms with Crippen LogP contribution in [-0.2, 0) is 6.61 Å². The highest BCUT2D eigenvalue weighted by Gasteiger charge is 2.15. The van der Waals surface area contributed by atoms with Crippen molar-refractivity contribution in [3.05, 3.63) is 96.9 Å². The molecule has 0 radical (unpaired) electrons. The van der Waals surface area contributed by atoms with Crippen LogP contribution in [0, 0.1) is 0 Å². The Labute approximate surface area is 214 Å². The van der Waals surface area contributed by atoms with Crippen molar-refractivity contribution in [3.8, 4) is 11.5 Å². The summed E-state index contributed by atoms with van der Waals surface area (Å²) in [5.41, 5.74) is 2.11. The van der Waals surface area contributed by atoms with Gasteiger partial charge in [-0.15, -0.1) is 0 Å². The lowest BCUT2D eigenvalue weighted by molar-refractivity contribution is 0.284. The number of ether oxygens (including phenoxy) is 2. The summed E-state index contributed by atoms with van der Waals surface area (Å²) in [4.78, 5) is 18.0. The molecule has 0 spiro atoms. The van der Waals surface area contributed by atoms with Crippen molar-refractivity contribution in [1.29, 1.82) is 0 Å². The molecule has 0 aliphatic rings. The van der Waals surface area contributed by atoms with Crippen LogP contribution in [0.3, 0.4) is 0 Å². The summed E-state index contributed by atoms with van der Waals surface area (Å²) in [6.45, 7) is 4.32. The van der Waals surface area contributed by atoms with E-state index in [4.69, 9.17) is 14.5 Å². The van der Waals surface area contributed by atoms with Gasteiger partial charge in [-0.2, -0.15) is 9.78 Å². The van der Waals surface area contributed by atoms with E-state index in [-0.39, 0.29) is 11.5 Å². The number of methoxy groups -OCH3 is 1. The molecule has 4 aromatic rings. The van der Waals surface area contributed by atoms with E-state index in [0.29, 0.717) is 40.4 Å². The van der Waals surface area contributed by atoms with E-state index in [0.717, 1.165) is 14.5 Å². The second kappa shape index (κ2) is 10.5. The normalized spacial score (nSPS) is 11.5. The zero-order valence-corrected chi connectivity index (χ0v) is 22.1. The molecule has 0 aliphatic carbocycles. The zero-order chi connectivity index (χ0) is 24.2. The fourth-order valence-electron chi connectivity index (χ4n) is 3.46. The van der Waals surface area contributed by atoms with Crippen LogP contribution in [0.25, 0.3) is 10.9 Å². The van der Waals surface area contributed by atoms with Crippen LogP contribution in [0.4, 0.5) is 0 Å². The highest BCUT2D eigenvalue weighted by atomic mass is 79.9. The predicted molar refractivity (Wildman–Crippen MR) is 142 cm³/mol. The monoisotopic (exact) mass is 583 g/mol. The van der Waals surface area contributed by atoms with Gasteiger partial charge in [0.05, 0.1) is 24.2 Å². The Hall–Kier alpha value is -2.97. The van der Waals surface area contributed by atoms with Gasteiger partial charge in [-0.25, -0.2) is 4.98 Å². The zero-order valence-electron chi connectivity index (χ0n) is 19.0. The van der Waals surface area contributed by atoms with E-state index >= 15 is 0 Å². The third-order valence-corrected chi connectivity index (χ3v) is 6.21. The number of para-hydroxylation sites is 1. The molecule has 0 atom stereocenters. The van der Waals surface area contributed by atoms with Crippen LogP contribution in [0.15, 0.2) is 79.5 Å². The minimum Gasteiger partial charge on any atom is -0.493 e. The molecule has 1 aromatic heterocycles. The summed E-state index contributed by atoms with van der Waals surface area (Å²) in [6, 6.07) is 18.9. The molecule has 1 heterocycles. The van der Waals surface area contributed by atoms with Crippen molar-refractivity contribution in [1.82, 2.24) is 9.66 Å². The molecule has 0 saturated heterocycles. The number of aromatic nitrogens is 2. The summed E-state index contributed by atoms with van der Waals surface area (Å²) in [5, 5.41) is 5.03. The summed E-state index contributed by atoms with van der Waals surface area (Å²) < 4.78 is 14.8. The van der Waals surface area contributed by atoms with E-state index in [1.165, 1.54) is 4.68 Å². The Morgan fingerprint density at radius 1 is 1.06 bits per heavy atom. The maximum atomic E-state index is 13.3. The van der Waals surface area contributed by atoms with E-state index in [2.05, 4.69) is 37.0 Å². The molecule has 174 valence electrons. The first-order valence-electron chi connectivity index (χ1n) is 10.7. The van der Waals surface area contributed by atoms with Crippen molar-refractivity contribution >= 4 is 49.0 Å². The quantitative estimate of drug-likeness (QED) is 0.232. The average Bonchev–Trinajstić information content (AvgIpc) is 2.83. The van der Waals surface area contributed by atoms with Gasteiger partial charge in [0.15, 0.2) is 11.5 Å². The Morgan fingerprint density at radius 3 is 2.50 bits per heavy atom. The minimum atomic E-state index is -0.230. The Bertz CT molecular complexity index is 1410. The summed E-state index contributed by atoms with van der Waals surface area (Å²) in [5.74, 6) is 1.71. The van der Waals surface area contributed by atoms with Gasteiger partial charge in [0, 0.05) is 20.4 Å². The molecule has 4 rings (SSSR count). The molecule has 0 bridgehead atoms. The van der Waals surface area contributed by atoms with E-state index in [1.54, 1.807) is 19.4 Å². The molecular formula is C26H23Br2N3O3. The number of halogens is 2. The molecule has 0 fully saturated rings. The second-order valence-corrected chi connectivity index (χ2v) is 9.77. The van der Waals surface area contributed by atoms with Gasteiger partial charge in [0.2, 0.25) is 0 Å². The fourth-order valence-corrected chi connectivity index (χ4v) is 4.08. The van der Waals surface area contributed by atoms with Gasteiger partial charge in [0.25, 0.3) is 5.56 Å². The molecular weight excluding hydrogens is 562 g/mol. The van der Waals surface area contributed by atoms with Crippen LogP contribution in [-0.4, -0.2) is 23.0 Å². The van der Waals surface area contributed by atoms with E-state index in [9.17, 15) is 4.79 Å². The van der Waals surface area contributed by atoms with Gasteiger partial charge in [-0.3, -0.25) is 4.79 Å². The highest BCUT2D eigenvalue weighted by molar-refractivity contribution is 9.10.